The highest BCUT2D eigenvalue weighted by Gasteiger charge is 2.17. The van der Waals surface area contributed by atoms with Crippen LogP contribution in [0.25, 0.3) is 20.7 Å². The number of aryl methyl sites for hydroxylation is 1. The first-order chi connectivity index (χ1) is 15.6. The van der Waals surface area contributed by atoms with Gasteiger partial charge in [0.25, 0.3) is 0 Å². The van der Waals surface area contributed by atoms with E-state index in [0.717, 1.165) is 44.0 Å². The molecule has 2 heterocycles. The van der Waals surface area contributed by atoms with Crippen molar-refractivity contribution in [3.8, 4) is 27.7 Å². The zero-order valence-electron chi connectivity index (χ0n) is 18.1. The van der Waals surface area contributed by atoms with Crippen LogP contribution in [-0.2, 0) is 0 Å². The Bertz CT molecular complexity index is 1270. The molecule has 32 heavy (non-hydrogen) atoms. The molecule has 4 rings (SSSR count). The van der Waals surface area contributed by atoms with Gasteiger partial charge in [0.1, 0.15) is 12.1 Å². The van der Waals surface area contributed by atoms with Crippen molar-refractivity contribution in [1.29, 1.82) is 0 Å². The van der Waals surface area contributed by atoms with Crippen LogP contribution in [0.15, 0.2) is 53.9 Å². The molecule has 0 aliphatic carbocycles. The van der Waals surface area contributed by atoms with Crippen LogP contribution in [0.4, 0.5) is 5.82 Å². The molecule has 0 aliphatic heterocycles. The minimum atomic E-state index is 0.0587. The van der Waals surface area contributed by atoms with E-state index in [4.69, 9.17) is 9.47 Å². The zero-order chi connectivity index (χ0) is 22.5. The zero-order valence-corrected chi connectivity index (χ0v) is 18.9. The van der Waals surface area contributed by atoms with E-state index in [1.807, 2.05) is 18.2 Å². The van der Waals surface area contributed by atoms with Gasteiger partial charge in [0.2, 0.25) is 0 Å². The maximum absolute atomic E-state index is 9.93. The Labute approximate surface area is 190 Å². The van der Waals surface area contributed by atoms with E-state index < -0.39 is 0 Å². The summed E-state index contributed by atoms with van der Waals surface area (Å²) in [5.41, 5.74) is 6.74. The summed E-state index contributed by atoms with van der Waals surface area (Å²) in [6, 6.07) is 13.1. The van der Waals surface area contributed by atoms with E-state index in [0.29, 0.717) is 18.2 Å². The molecule has 0 atom stereocenters. The number of benzene rings is 2. The van der Waals surface area contributed by atoms with Gasteiger partial charge in [-0.15, -0.1) is 11.3 Å². The lowest BCUT2D eigenvalue weighted by atomic mass is 10.1. The fraction of sp³-hybridized carbons (Fsp3) is 0.208. The van der Waals surface area contributed by atoms with Gasteiger partial charge < -0.3 is 14.6 Å². The molecule has 0 spiro atoms. The number of para-hydroxylation sites is 1. The summed E-state index contributed by atoms with van der Waals surface area (Å²) in [5, 5.41) is 14.2. The van der Waals surface area contributed by atoms with Crippen LogP contribution in [0.1, 0.15) is 24.5 Å². The number of nitrogens with one attached hydrogen (secondary N) is 1. The Morgan fingerprint density at radius 3 is 2.78 bits per heavy atom. The van der Waals surface area contributed by atoms with E-state index in [1.165, 1.54) is 13.4 Å². The quantitative estimate of drug-likeness (QED) is 0.269. The molecule has 0 saturated heterocycles. The van der Waals surface area contributed by atoms with Crippen LogP contribution in [0, 0.1) is 6.92 Å². The minimum absolute atomic E-state index is 0.0587. The van der Waals surface area contributed by atoms with Crippen molar-refractivity contribution in [3.05, 3.63) is 59.9 Å². The SMILES string of the molecule is CCCOc1ccccc1-c1sc2c(N/N=C/c3ccc(OC)c(O)c3)ncnc2c1C. The molecular weight excluding hydrogens is 424 g/mol. The topological polar surface area (TPSA) is 88.9 Å². The molecule has 0 unspecified atom stereocenters. The standard InChI is InChI=1S/C24H24N4O3S/c1-4-11-31-19-8-6-5-7-17(19)22-15(2)21-23(32-22)24(26-14-25-21)28-27-13-16-9-10-20(30-3)18(29)12-16/h5-10,12-14,29H,4,11H2,1-3H3,(H,25,26,28)/b27-13+. The second-order valence-electron chi connectivity index (χ2n) is 7.10. The number of aromatic hydroxyl groups is 1. The average molecular weight is 449 g/mol. The number of hydrazone groups is 1. The van der Waals surface area contributed by atoms with E-state index in [2.05, 4.69) is 40.4 Å². The molecule has 2 aromatic heterocycles. The van der Waals surface area contributed by atoms with Gasteiger partial charge in [-0.3, -0.25) is 5.43 Å². The minimum Gasteiger partial charge on any atom is -0.504 e. The first-order valence-corrected chi connectivity index (χ1v) is 11.1. The molecule has 2 aromatic carbocycles. The van der Waals surface area contributed by atoms with Crippen molar-refractivity contribution in [1.82, 2.24) is 9.97 Å². The number of ether oxygens (including phenoxy) is 2. The smallest absolute Gasteiger partial charge is 0.167 e. The molecule has 0 fully saturated rings. The highest BCUT2D eigenvalue weighted by atomic mass is 32.1. The molecule has 0 saturated carbocycles. The highest BCUT2D eigenvalue weighted by molar-refractivity contribution is 7.23. The predicted molar refractivity (Wildman–Crippen MR) is 129 cm³/mol. The summed E-state index contributed by atoms with van der Waals surface area (Å²) in [7, 11) is 1.51. The summed E-state index contributed by atoms with van der Waals surface area (Å²) in [5.74, 6) is 1.96. The molecule has 0 bridgehead atoms. The van der Waals surface area contributed by atoms with Gasteiger partial charge in [0, 0.05) is 10.4 Å². The van der Waals surface area contributed by atoms with E-state index in [-0.39, 0.29) is 5.75 Å². The van der Waals surface area contributed by atoms with Crippen molar-refractivity contribution in [2.45, 2.75) is 20.3 Å². The molecule has 8 heteroatoms. The number of methoxy groups -OCH3 is 1. The Kier molecular flexibility index (Phi) is 6.51. The monoisotopic (exact) mass is 448 g/mol. The van der Waals surface area contributed by atoms with Crippen LogP contribution in [0.5, 0.6) is 17.2 Å². The van der Waals surface area contributed by atoms with Crippen LogP contribution < -0.4 is 14.9 Å². The van der Waals surface area contributed by atoms with Gasteiger partial charge in [-0.2, -0.15) is 5.10 Å². The van der Waals surface area contributed by atoms with Gasteiger partial charge in [-0.05, 0) is 54.8 Å². The number of hydrogen-bond donors (Lipinski definition) is 2. The number of thiophene rings is 1. The Hall–Kier alpha value is -3.65. The third-order valence-electron chi connectivity index (χ3n) is 4.88. The number of hydrogen-bond acceptors (Lipinski definition) is 8. The fourth-order valence-electron chi connectivity index (χ4n) is 3.31. The second kappa shape index (κ2) is 9.65. The Morgan fingerprint density at radius 2 is 2.00 bits per heavy atom. The number of fused-ring (bicyclic) bond motifs is 1. The third kappa shape index (κ3) is 4.36. The summed E-state index contributed by atoms with van der Waals surface area (Å²) >= 11 is 1.61. The normalized spacial score (nSPS) is 11.2. The van der Waals surface area contributed by atoms with Crippen molar-refractivity contribution in [2.75, 3.05) is 19.1 Å². The summed E-state index contributed by atoms with van der Waals surface area (Å²) in [4.78, 5) is 9.97. The largest absolute Gasteiger partial charge is 0.504 e. The maximum Gasteiger partial charge on any atom is 0.167 e. The summed E-state index contributed by atoms with van der Waals surface area (Å²) < 4.78 is 11.9. The fourth-order valence-corrected chi connectivity index (χ4v) is 4.54. The van der Waals surface area contributed by atoms with Crippen molar-refractivity contribution in [2.24, 2.45) is 5.10 Å². The lowest BCUT2D eigenvalue weighted by Crippen LogP contribution is -1.96. The number of anilines is 1. The van der Waals surface area contributed by atoms with Crippen molar-refractivity contribution >= 4 is 33.6 Å². The molecule has 4 aromatic rings. The lowest BCUT2D eigenvalue weighted by Gasteiger charge is -2.10. The molecule has 7 nitrogen and oxygen atoms in total. The first kappa shape index (κ1) is 21.6. The van der Waals surface area contributed by atoms with Gasteiger partial charge in [-0.25, -0.2) is 9.97 Å². The number of phenolic OH excluding ortho intramolecular Hbond substituents is 1. The second-order valence-corrected chi connectivity index (χ2v) is 8.12. The molecule has 164 valence electrons. The predicted octanol–water partition coefficient (Wildman–Crippen LogP) is 5.62. The van der Waals surface area contributed by atoms with Crippen LogP contribution in [0.2, 0.25) is 0 Å². The van der Waals surface area contributed by atoms with Gasteiger partial charge in [0.05, 0.1) is 30.1 Å². The third-order valence-corrected chi connectivity index (χ3v) is 6.21. The highest BCUT2D eigenvalue weighted by Crippen LogP contribution is 2.43. The van der Waals surface area contributed by atoms with Gasteiger partial charge in [0.15, 0.2) is 17.3 Å². The average Bonchev–Trinajstić information content (AvgIpc) is 3.15. The van der Waals surface area contributed by atoms with Crippen molar-refractivity contribution < 1.29 is 14.6 Å². The maximum atomic E-state index is 9.93. The van der Waals surface area contributed by atoms with E-state index >= 15 is 0 Å². The number of rotatable bonds is 8. The number of phenols is 1. The van der Waals surface area contributed by atoms with Crippen LogP contribution in [0.3, 0.4) is 0 Å². The van der Waals surface area contributed by atoms with Crippen LogP contribution in [-0.4, -0.2) is 35.0 Å². The van der Waals surface area contributed by atoms with Gasteiger partial charge >= 0.3 is 0 Å². The molecule has 0 radical (unpaired) electrons. The van der Waals surface area contributed by atoms with E-state index in [9.17, 15) is 5.11 Å². The van der Waals surface area contributed by atoms with Crippen molar-refractivity contribution in [3.63, 3.8) is 0 Å². The molecule has 0 amide bonds. The summed E-state index contributed by atoms with van der Waals surface area (Å²) in [6.45, 7) is 4.82. The number of aromatic nitrogens is 2. The molecule has 2 N–H and O–H groups in total. The number of nitrogens with zero attached hydrogens (tertiary/aromatic N) is 3. The van der Waals surface area contributed by atoms with Gasteiger partial charge in [-0.1, -0.05) is 19.1 Å². The molecular formula is C24H24N4O3S. The Morgan fingerprint density at radius 1 is 1.16 bits per heavy atom. The van der Waals surface area contributed by atoms with Crippen LogP contribution >= 0.6 is 11.3 Å². The summed E-state index contributed by atoms with van der Waals surface area (Å²) in [6.07, 6.45) is 4.09. The lowest BCUT2D eigenvalue weighted by molar-refractivity contribution is 0.319. The first-order valence-electron chi connectivity index (χ1n) is 10.2. The van der Waals surface area contributed by atoms with E-state index in [1.54, 1.807) is 35.8 Å². The Balaban J connectivity index is 1.65. The molecule has 0 aliphatic rings.